The lowest BCUT2D eigenvalue weighted by Crippen LogP contribution is -2.52. The number of anilines is 1. The fourth-order valence-corrected chi connectivity index (χ4v) is 3.47. The zero-order chi connectivity index (χ0) is 18.4. The van der Waals surface area contributed by atoms with E-state index in [2.05, 4.69) is 10.3 Å². The summed E-state index contributed by atoms with van der Waals surface area (Å²) in [5, 5.41) is 2.31. The number of nitrogen functional groups attached to an aromatic ring is 1. The van der Waals surface area contributed by atoms with Gasteiger partial charge in [0, 0.05) is 24.1 Å². The summed E-state index contributed by atoms with van der Waals surface area (Å²) in [6.07, 6.45) is 0.604. The van der Waals surface area contributed by atoms with Gasteiger partial charge in [0.2, 0.25) is 11.8 Å². The Morgan fingerprint density at radius 3 is 2.73 bits per heavy atom. The molecule has 0 aliphatic carbocycles. The lowest BCUT2D eigenvalue weighted by Gasteiger charge is -2.29. The molecule has 0 spiro atoms. The third-order valence-corrected chi connectivity index (χ3v) is 4.95. The Labute approximate surface area is 150 Å². The van der Waals surface area contributed by atoms with Crippen molar-refractivity contribution in [2.24, 2.45) is 0 Å². The highest BCUT2D eigenvalue weighted by molar-refractivity contribution is 6.05. The molecule has 3 heterocycles. The van der Waals surface area contributed by atoms with E-state index in [-0.39, 0.29) is 18.2 Å². The van der Waals surface area contributed by atoms with Crippen molar-refractivity contribution in [1.29, 1.82) is 0 Å². The van der Waals surface area contributed by atoms with E-state index in [1.54, 1.807) is 6.07 Å². The highest BCUT2D eigenvalue weighted by Crippen LogP contribution is 2.31. The maximum absolute atomic E-state index is 12.7. The standard InChI is InChI=1S/C19H18N4O3/c1-10-14(20)4-5-15(21-10)11-2-3-13-12(8-11)9-23(19(13)26)16-6-7-17(24)22-18(16)25/h2-5,8,16H,6-7,9,20H2,1H3,(H,22,24,25). The lowest BCUT2D eigenvalue weighted by atomic mass is 10.0. The van der Waals surface area contributed by atoms with E-state index in [0.29, 0.717) is 24.2 Å². The number of nitrogens with zero attached hydrogens (tertiary/aromatic N) is 2. The Morgan fingerprint density at radius 1 is 1.19 bits per heavy atom. The van der Waals surface area contributed by atoms with Gasteiger partial charge in [0.15, 0.2) is 0 Å². The second-order valence-electron chi connectivity index (χ2n) is 6.64. The van der Waals surface area contributed by atoms with Crippen molar-refractivity contribution in [2.45, 2.75) is 32.4 Å². The molecule has 1 fully saturated rings. The number of hydrogen-bond donors (Lipinski definition) is 2. The van der Waals surface area contributed by atoms with E-state index in [0.717, 1.165) is 22.5 Å². The Bertz CT molecular complexity index is 954. The minimum atomic E-state index is -0.604. The number of benzene rings is 1. The van der Waals surface area contributed by atoms with Gasteiger partial charge in [-0.2, -0.15) is 0 Å². The van der Waals surface area contributed by atoms with Crippen molar-refractivity contribution in [3.63, 3.8) is 0 Å². The summed E-state index contributed by atoms with van der Waals surface area (Å²) in [4.78, 5) is 42.2. The number of carbonyl (C=O) groups is 3. The number of amides is 3. The van der Waals surface area contributed by atoms with Crippen LogP contribution in [0.15, 0.2) is 30.3 Å². The molecule has 0 saturated carbocycles. The summed E-state index contributed by atoms with van der Waals surface area (Å²) in [6, 6.07) is 8.60. The molecule has 1 aromatic heterocycles. The van der Waals surface area contributed by atoms with Gasteiger partial charge >= 0.3 is 0 Å². The van der Waals surface area contributed by atoms with Crippen LogP contribution in [-0.4, -0.2) is 33.6 Å². The number of aromatic nitrogens is 1. The molecule has 26 heavy (non-hydrogen) atoms. The molecule has 1 atom stereocenters. The number of carbonyl (C=O) groups excluding carboxylic acids is 3. The summed E-state index contributed by atoms with van der Waals surface area (Å²) < 4.78 is 0. The first-order valence-corrected chi connectivity index (χ1v) is 8.45. The van der Waals surface area contributed by atoms with Gasteiger partial charge < -0.3 is 10.6 Å². The molecule has 132 valence electrons. The van der Waals surface area contributed by atoms with Gasteiger partial charge in [-0.25, -0.2) is 0 Å². The monoisotopic (exact) mass is 350 g/mol. The summed E-state index contributed by atoms with van der Waals surface area (Å²) >= 11 is 0. The number of nitrogens with one attached hydrogen (secondary N) is 1. The molecule has 7 heteroatoms. The summed E-state index contributed by atoms with van der Waals surface area (Å²) in [5.41, 5.74) is 10.3. The summed E-state index contributed by atoms with van der Waals surface area (Å²) in [6.45, 7) is 2.20. The van der Waals surface area contributed by atoms with Crippen LogP contribution in [0.2, 0.25) is 0 Å². The molecular formula is C19H18N4O3. The molecule has 0 radical (unpaired) electrons. The molecule has 1 saturated heterocycles. The molecule has 0 bridgehead atoms. The van der Waals surface area contributed by atoms with Crippen molar-refractivity contribution >= 4 is 23.4 Å². The van der Waals surface area contributed by atoms with Crippen LogP contribution in [-0.2, 0) is 16.1 Å². The van der Waals surface area contributed by atoms with E-state index in [4.69, 9.17) is 5.73 Å². The zero-order valence-electron chi connectivity index (χ0n) is 14.3. The van der Waals surface area contributed by atoms with Gasteiger partial charge in [-0.05, 0) is 43.2 Å². The van der Waals surface area contributed by atoms with Crippen molar-refractivity contribution < 1.29 is 14.4 Å². The number of imide groups is 1. The molecule has 3 N–H and O–H groups in total. The van der Waals surface area contributed by atoms with Crippen LogP contribution in [0.3, 0.4) is 0 Å². The average Bonchev–Trinajstić information content (AvgIpc) is 2.93. The number of pyridine rings is 1. The van der Waals surface area contributed by atoms with Gasteiger partial charge in [-0.3, -0.25) is 24.7 Å². The highest BCUT2D eigenvalue weighted by Gasteiger charge is 2.39. The predicted octanol–water partition coefficient (Wildman–Crippen LogP) is 1.40. The molecule has 4 rings (SSSR count). The molecular weight excluding hydrogens is 332 g/mol. The maximum Gasteiger partial charge on any atom is 0.255 e. The van der Waals surface area contributed by atoms with Gasteiger partial charge in [-0.1, -0.05) is 6.07 Å². The number of fused-ring (bicyclic) bond motifs is 1. The second kappa shape index (κ2) is 5.94. The number of rotatable bonds is 2. The molecule has 2 aromatic rings. The predicted molar refractivity (Wildman–Crippen MR) is 94.9 cm³/mol. The van der Waals surface area contributed by atoms with E-state index < -0.39 is 11.9 Å². The summed E-state index contributed by atoms with van der Waals surface area (Å²) in [7, 11) is 0. The first kappa shape index (κ1) is 16.3. The van der Waals surface area contributed by atoms with Crippen LogP contribution in [0.4, 0.5) is 5.69 Å². The van der Waals surface area contributed by atoms with E-state index in [9.17, 15) is 14.4 Å². The van der Waals surface area contributed by atoms with Gasteiger partial charge in [0.1, 0.15) is 6.04 Å². The first-order chi connectivity index (χ1) is 12.4. The van der Waals surface area contributed by atoms with Gasteiger partial charge in [0.05, 0.1) is 17.1 Å². The minimum Gasteiger partial charge on any atom is -0.397 e. The highest BCUT2D eigenvalue weighted by atomic mass is 16.2. The van der Waals surface area contributed by atoms with Crippen LogP contribution in [0.25, 0.3) is 11.3 Å². The molecule has 2 aliphatic heterocycles. The van der Waals surface area contributed by atoms with Crippen LogP contribution in [0, 0.1) is 6.92 Å². The fourth-order valence-electron chi connectivity index (χ4n) is 3.47. The fraction of sp³-hybridized carbons (Fsp3) is 0.263. The number of aryl methyl sites for hydroxylation is 1. The van der Waals surface area contributed by atoms with Crippen molar-refractivity contribution in [2.75, 3.05) is 5.73 Å². The number of piperidine rings is 1. The Kier molecular flexibility index (Phi) is 3.72. The van der Waals surface area contributed by atoms with Crippen molar-refractivity contribution in [3.8, 4) is 11.3 Å². The van der Waals surface area contributed by atoms with E-state index in [1.165, 1.54) is 4.90 Å². The van der Waals surface area contributed by atoms with Gasteiger partial charge in [0.25, 0.3) is 5.91 Å². The van der Waals surface area contributed by atoms with Crippen molar-refractivity contribution in [3.05, 3.63) is 47.2 Å². The molecule has 7 nitrogen and oxygen atoms in total. The van der Waals surface area contributed by atoms with Crippen molar-refractivity contribution in [1.82, 2.24) is 15.2 Å². The zero-order valence-corrected chi connectivity index (χ0v) is 14.3. The summed E-state index contributed by atoms with van der Waals surface area (Å²) in [5.74, 6) is -0.872. The normalized spacial score (nSPS) is 19.5. The first-order valence-electron chi connectivity index (χ1n) is 8.45. The SMILES string of the molecule is Cc1nc(-c2ccc3c(c2)CN(C2CCC(=O)NC2=O)C3=O)ccc1N. The molecule has 1 aromatic carbocycles. The topological polar surface area (TPSA) is 105 Å². The van der Waals surface area contributed by atoms with Crippen LogP contribution >= 0.6 is 0 Å². The lowest BCUT2D eigenvalue weighted by molar-refractivity contribution is -0.136. The number of hydrogen-bond acceptors (Lipinski definition) is 5. The van der Waals surface area contributed by atoms with Crippen LogP contribution in [0.5, 0.6) is 0 Å². The smallest absolute Gasteiger partial charge is 0.255 e. The minimum absolute atomic E-state index is 0.178. The Balaban J connectivity index is 1.63. The number of nitrogens with two attached hydrogens (primary N) is 1. The van der Waals surface area contributed by atoms with Gasteiger partial charge in [-0.15, -0.1) is 0 Å². The molecule has 2 aliphatic rings. The molecule has 1 unspecified atom stereocenters. The van der Waals surface area contributed by atoms with E-state index in [1.807, 2.05) is 31.2 Å². The molecule has 3 amide bonds. The maximum atomic E-state index is 12.7. The van der Waals surface area contributed by atoms with Crippen LogP contribution in [0.1, 0.15) is 34.5 Å². The average molecular weight is 350 g/mol. The van der Waals surface area contributed by atoms with E-state index >= 15 is 0 Å². The Morgan fingerprint density at radius 2 is 2.00 bits per heavy atom. The third-order valence-electron chi connectivity index (χ3n) is 4.95. The third kappa shape index (κ3) is 2.61. The largest absolute Gasteiger partial charge is 0.397 e. The second-order valence-corrected chi connectivity index (χ2v) is 6.64. The quantitative estimate of drug-likeness (QED) is 0.797. The Hall–Kier alpha value is -3.22. The van der Waals surface area contributed by atoms with Crippen LogP contribution < -0.4 is 11.1 Å².